The average molecular weight is 224 g/mol. The summed E-state index contributed by atoms with van der Waals surface area (Å²) in [6.45, 7) is 6.62. The fraction of sp³-hybridized carbons (Fsp3) is 0.556. The molecule has 1 heterocycles. The summed E-state index contributed by atoms with van der Waals surface area (Å²) in [5, 5.41) is 0. The molecule has 1 rings (SSSR count). The first-order valence-corrected chi connectivity index (χ1v) is 4.79. The van der Waals surface area contributed by atoms with E-state index in [4.69, 9.17) is 0 Å². The second-order valence-electron chi connectivity index (χ2n) is 3.25. The molecule has 0 aromatic carbocycles. The molecule has 0 N–H and O–H groups in total. The predicted molar refractivity (Wildman–Crippen MR) is 54.9 cm³/mol. The largest absolute Gasteiger partial charge is 0.673 e. The van der Waals surface area contributed by atoms with Crippen molar-refractivity contribution in [3.8, 4) is 0 Å². The minimum atomic E-state index is -6.00. The Labute approximate surface area is 87.6 Å². The fourth-order valence-electron chi connectivity index (χ4n) is 1.07. The molecule has 0 fully saturated rings. The van der Waals surface area contributed by atoms with Crippen LogP contribution in [0, 0.1) is 0 Å². The molecular formula is C9H15BF4N-. The SMILES string of the molecule is CCCN1C=CC(C)=CC1.F[B-](F)(F)F. The van der Waals surface area contributed by atoms with Crippen LogP contribution in [0.4, 0.5) is 17.3 Å². The average Bonchev–Trinajstić information content (AvgIpc) is 2.06. The van der Waals surface area contributed by atoms with Gasteiger partial charge in [-0.3, -0.25) is 0 Å². The van der Waals surface area contributed by atoms with E-state index in [1.807, 2.05) is 0 Å². The third-order valence-corrected chi connectivity index (χ3v) is 1.71. The summed E-state index contributed by atoms with van der Waals surface area (Å²) in [5.74, 6) is 0. The Morgan fingerprint density at radius 1 is 1.33 bits per heavy atom. The maximum absolute atomic E-state index is 9.75. The molecule has 0 spiro atoms. The molecule has 0 radical (unpaired) electrons. The van der Waals surface area contributed by atoms with Gasteiger partial charge in [0.25, 0.3) is 0 Å². The number of nitrogens with zero attached hydrogens (tertiary/aromatic N) is 1. The van der Waals surface area contributed by atoms with Gasteiger partial charge in [0.15, 0.2) is 0 Å². The van der Waals surface area contributed by atoms with Crippen molar-refractivity contribution >= 4 is 7.25 Å². The minimum Gasteiger partial charge on any atom is -0.418 e. The number of rotatable bonds is 2. The van der Waals surface area contributed by atoms with E-state index in [0.717, 1.165) is 6.54 Å². The number of hydrogen-bond donors (Lipinski definition) is 0. The van der Waals surface area contributed by atoms with Crippen LogP contribution in [-0.2, 0) is 0 Å². The summed E-state index contributed by atoms with van der Waals surface area (Å²) in [5.41, 5.74) is 1.38. The first-order chi connectivity index (χ1) is 6.83. The Morgan fingerprint density at radius 3 is 2.20 bits per heavy atom. The molecule has 88 valence electrons. The molecule has 1 aliphatic heterocycles. The highest BCUT2D eigenvalue weighted by molar-refractivity contribution is 6.50. The fourth-order valence-corrected chi connectivity index (χ4v) is 1.07. The van der Waals surface area contributed by atoms with Crippen LogP contribution in [0.1, 0.15) is 20.3 Å². The zero-order chi connectivity index (χ0) is 11.9. The van der Waals surface area contributed by atoms with Gasteiger partial charge >= 0.3 is 7.25 Å². The van der Waals surface area contributed by atoms with Gasteiger partial charge in [0.2, 0.25) is 0 Å². The Kier molecular flexibility index (Phi) is 6.12. The van der Waals surface area contributed by atoms with Crippen LogP contribution >= 0.6 is 0 Å². The van der Waals surface area contributed by atoms with Crippen molar-refractivity contribution in [2.75, 3.05) is 13.1 Å². The molecule has 0 aromatic heterocycles. The van der Waals surface area contributed by atoms with Gasteiger partial charge in [-0.25, -0.2) is 0 Å². The highest BCUT2D eigenvalue weighted by Gasteiger charge is 2.20. The van der Waals surface area contributed by atoms with E-state index < -0.39 is 7.25 Å². The second-order valence-corrected chi connectivity index (χ2v) is 3.25. The molecule has 0 aliphatic carbocycles. The lowest BCUT2D eigenvalue weighted by Gasteiger charge is -2.20. The molecule has 0 bridgehead atoms. The van der Waals surface area contributed by atoms with Gasteiger partial charge in [0, 0.05) is 13.1 Å². The van der Waals surface area contributed by atoms with E-state index in [0.29, 0.717) is 0 Å². The summed E-state index contributed by atoms with van der Waals surface area (Å²) in [7, 11) is -6.00. The number of allylic oxidation sites excluding steroid dienone is 2. The van der Waals surface area contributed by atoms with Gasteiger partial charge in [-0.05, 0) is 25.6 Å². The Balaban J connectivity index is 0.000000336. The van der Waals surface area contributed by atoms with E-state index in [2.05, 4.69) is 37.1 Å². The lowest BCUT2D eigenvalue weighted by molar-refractivity contribution is 0.368. The molecule has 1 nitrogen and oxygen atoms in total. The molecule has 0 atom stereocenters. The normalized spacial score (nSPS) is 15.6. The molecule has 0 saturated heterocycles. The molecule has 0 aromatic rings. The minimum absolute atomic E-state index is 1.09. The third kappa shape index (κ3) is 11.0. The van der Waals surface area contributed by atoms with Gasteiger partial charge in [0.1, 0.15) is 0 Å². The van der Waals surface area contributed by atoms with Gasteiger partial charge in [-0.2, -0.15) is 0 Å². The van der Waals surface area contributed by atoms with E-state index in [-0.39, 0.29) is 0 Å². The molecule has 1 aliphatic rings. The van der Waals surface area contributed by atoms with Crippen LogP contribution in [0.5, 0.6) is 0 Å². The van der Waals surface area contributed by atoms with Crippen LogP contribution in [0.25, 0.3) is 0 Å². The molecule has 15 heavy (non-hydrogen) atoms. The van der Waals surface area contributed by atoms with Crippen LogP contribution in [0.3, 0.4) is 0 Å². The van der Waals surface area contributed by atoms with Gasteiger partial charge in [0.05, 0.1) is 0 Å². The van der Waals surface area contributed by atoms with E-state index in [1.165, 1.54) is 18.5 Å². The summed E-state index contributed by atoms with van der Waals surface area (Å²) < 4.78 is 39.0. The summed E-state index contributed by atoms with van der Waals surface area (Å²) >= 11 is 0. The zero-order valence-electron chi connectivity index (χ0n) is 8.89. The maximum atomic E-state index is 9.75. The first kappa shape index (κ1) is 14.1. The Bertz CT molecular complexity index is 229. The monoisotopic (exact) mass is 224 g/mol. The van der Waals surface area contributed by atoms with Crippen molar-refractivity contribution in [2.24, 2.45) is 0 Å². The molecule has 0 amide bonds. The Morgan fingerprint density at radius 2 is 1.87 bits per heavy atom. The van der Waals surface area contributed by atoms with Crippen molar-refractivity contribution in [1.82, 2.24) is 4.90 Å². The highest BCUT2D eigenvalue weighted by Crippen LogP contribution is 2.06. The summed E-state index contributed by atoms with van der Waals surface area (Å²) in [4.78, 5) is 2.33. The molecule has 0 unspecified atom stereocenters. The third-order valence-electron chi connectivity index (χ3n) is 1.71. The van der Waals surface area contributed by atoms with Gasteiger partial charge in [-0.15, -0.1) is 0 Å². The first-order valence-electron chi connectivity index (χ1n) is 4.79. The topological polar surface area (TPSA) is 3.24 Å². The van der Waals surface area contributed by atoms with Crippen molar-refractivity contribution in [3.63, 3.8) is 0 Å². The van der Waals surface area contributed by atoms with E-state index in [1.54, 1.807) is 0 Å². The lowest BCUT2D eigenvalue weighted by atomic mass is 10.2. The van der Waals surface area contributed by atoms with Crippen molar-refractivity contribution in [1.29, 1.82) is 0 Å². The van der Waals surface area contributed by atoms with Crippen LogP contribution in [0.2, 0.25) is 0 Å². The van der Waals surface area contributed by atoms with Crippen LogP contribution in [-0.4, -0.2) is 25.2 Å². The van der Waals surface area contributed by atoms with Crippen LogP contribution in [0.15, 0.2) is 23.9 Å². The second kappa shape index (κ2) is 6.53. The standard InChI is InChI=1S/C9H15N.BF4/c1-3-6-10-7-4-9(2)5-8-10;2-1(3,4)5/h4-5,7H,3,6,8H2,1-2H3;/q;-1. The van der Waals surface area contributed by atoms with E-state index >= 15 is 0 Å². The highest BCUT2D eigenvalue weighted by atomic mass is 19.5. The number of hydrogen-bond acceptors (Lipinski definition) is 1. The summed E-state index contributed by atoms with van der Waals surface area (Å²) in [6, 6.07) is 0. The molecule has 0 saturated carbocycles. The lowest BCUT2D eigenvalue weighted by Crippen LogP contribution is -2.20. The maximum Gasteiger partial charge on any atom is 0.673 e. The molecule has 6 heteroatoms. The van der Waals surface area contributed by atoms with Gasteiger partial charge in [-0.1, -0.05) is 18.6 Å². The summed E-state index contributed by atoms with van der Waals surface area (Å²) in [6.07, 6.45) is 7.84. The Hall–Kier alpha value is -0.935. The number of halogens is 4. The van der Waals surface area contributed by atoms with Gasteiger partial charge < -0.3 is 22.2 Å². The molecular weight excluding hydrogens is 209 g/mol. The smallest absolute Gasteiger partial charge is 0.418 e. The predicted octanol–water partition coefficient (Wildman–Crippen LogP) is 3.47. The van der Waals surface area contributed by atoms with Crippen molar-refractivity contribution < 1.29 is 17.3 Å². The quantitative estimate of drug-likeness (QED) is 0.512. The zero-order valence-corrected chi connectivity index (χ0v) is 8.89. The van der Waals surface area contributed by atoms with E-state index in [9.17, 15) is 17.3 Å². The van der Waals surface area contributed by atoms with Crippen molar-refractivity contribution in [2.45, 2.75) is 20.3 Å². The van der Waals surface area contributed by atoms with Crippen molar-refractivity contribution in [3.05, 3.63) is 23.9 Å². The van der Waals surface area contributed by atoms with Crippen LogP contribution < -0.4 is 0 Å².